The highest BCUT2D eigenvalue weighted by Gasteiger charge is 2.11. The number of nitrogens with zero attached hydrogens (tertiary/aromatic N) is 3. The first kappa shape index (κ1) is 8.35. The third kappa shape index (κ3) is 1.44. The van der Waals surface area contributed by atoms with Crippen molar-refractivity contribution in [3.8, 4) is 0 Å². The van der Waals surface area contributed by atoms with E-state index >= 15 is 0 Å². The number of nitrogens with one attached hydrogen (secondary N) is 1. The number of fused-ring (bicyclic) bond motifs is 1. The minimum absolute atomic E-state index is 0.266. The predicted octanol–water partition coefficient (Wildman–Crippen LogP) is 1.76. The molecule has 3 heterocycles. The second-order valence-electron chi connectivity index (χ2n) is 3.57. The van der Waals surface area contributed by atoms with Crippen LogP contribution in [0.5, 0.6) is 0 Å². The second-order valence-corrected chi connectivity index (χ2v) is 3.57. The standard InChI is InChI=1S/C11H10N4/c1-2-14-11-8(1)3-9(6-15-11)10-4-12-7-13-5-10/h1-4,6-7,10H,5H2,(H,14,15). The van der Waals surface area contributed by atoms with Gasteiger partial charge in [0, 0.05) is 29.9 Å². The van der Waals surface area contributed by atoms with E-state index < -0.39 is 0 Å². The Morgan fingerprint density at radius 3 is 3.27 bits per heavy atom. The first-order valence-corrected chi connectivity index (χ1v) is 4.88. The molecule has 0 saturated carbocycles. The van der Waals surface area contributed by atoms with Crippen molar-refractivity contribution in [1.29, 1.82) is 0 Å². The first-order valence-electron chi connectivity index (χ1n) is 4.88. The van der Waals surface area contributed by atoms with Crippen LogP contribution < -0.4 is 0 Å². The van der Waals surface area contributed by atoms with Crippen LogP contribution in [0.2, 0.25) is 0 Å². The van der Waals surface area contributed by atoms with Gasteiger partial charge in [0.25, 0.3) is 0 Å². The molecular formula is C11H10N4. The lowest BCUT2D eigenvalue weighted by molar-refractivity contribution is 0.892. The summed E-state index contributed by atoms with van der Waals surface area (Å²) < 4.78 is 0. The smallest absolute Gasteiger partial charge is 0.137 e. The summed E-state index contributed by atoms with van der Waals surface area (Å²) in [6, 6.07) is 4.16. The molecule has 0 radical (unpaired) electrons. The Hall–Kier alpha value is -1.97. The summed E-state index contributed by atoms with van der Waals surface area (Å²) in [5.41, 5.74) is 2.10. The Bertz CT molecular complexity index is 538. The molecule has 15 heavy (non-hydrogen) atoms. The topological polar surface area (TPSA) is 53.4 Å². The van der Waals surface area contributed by atoms with Gasteiger partial charge in [0.2, 0.25) is 0 Å². The number of rotatable bonds is 1. The van der Waals surface area contributed by atoms with Gasteiger partial charge in [-0.05, 0) is 17.7 Å². The zero-order valence-electron chi connectivity index (χ0n) is 8.09. The fraction of sp³-hybridized carbons (Fsp3) is 0.182. The van der Waals surface area contributed by atoms with Crippen molar-refractivity contribution >= 4 is 23.6 Å². The van der Waals surface area contributed by atoms with Crippen molar-refractivity contribution in [3.63, 3.8) is 0 Å². The van der Waals surface area contributed by atoms with E-state index in [4.69, 9.17) is 0 Å². The maximum absolute atomic E-state index is 4.35. The first-order chi connectivity index (χ1) is 7.43. The minimum Gasteiger partial charge on any atom is -0.346 e. The number of aromatic nitrogens is 2. The van der Waals surface area contributed by atoms with Gasteiger partial charge < -0.3 is 4.98 Å². The van der Waals surface area contributed by atoms with E-state index in [2.05, 4.69) is 26.0 Å². The average Bonchev–Trinajstić information content (AvgIpc) is 2.77. The molecule has 4 nitrogen and oxygen atoms in total. The Balaban J connectivity index is 2.03. The molecule has 0 amide bonds. The second kappa shape index (κ2) is 3.31. The number of hydrogen-bond donors (Lipinski definition) is 1. The summed E-state index contributed by atoms with van der Waals surface area (Å²) in [7, 11) is 0. The van der Waals surface area contributed by atoms with Crippen LogP contribution in [0.25, 0.3) is 11.0 Å². The van der Waals surface area contributed by atoms with E-state index in [0.717, 1.165) is 17.6 Å². The van der Waals surface area contributed by atoms with Crippen molar-refractivity contribution < 1.29 is 0 Å². The predicted molar refractivity (Wildman–Crippen MR) is 60.7 cm³/mol. The SMILES string of the molecule is C1=NC=NCC1c1cnc2[nH]ccc2c1. The lowest BCUT2D eigenvalue weighted by atomic mass is 10.0. The summed E-state index contributed by atoms with van der Waals surface area (Å²) in [4.78, 5) is 15.6. The fourth-order valence-electron chi connectivity index (χ4n) is 1.75. The maximum Gasteiger partial charge on any atom is 0.137 e. The van der Waals surface area contributed by atoms with Crippen LogP contribution in [0.4, 0.5) is 0 Å². The van der Waals surface area contributed by atoms with Crippen LogP contribution in [0.3, 0.4) is 0 Å². The minimum atomic E-state index is 0.266. The Labute approximate surface area is 86.8 Å². The Morgan fingerprint density at radius 1 is 1.40 bits per heavy atom. The zero-order chi connectivity index (χ0) is 10.1. The summed E-state index contributed by atoms with van der Waals surface area (Å²) in [6.45, 7) is 0.765. The fourth-order valence-corrected chi connectivity index (χ4v) is 1.75. The number of H-pyrrole nitrogens is 1. The van der Waals surface area contributed by atoms with Gasteiger partial charge in [-0.1, -0.05) is 0 Å². The van der Waals surface area contributed by atoms with Crippen molar-refractivity contribution in [2.24, 2.45) is 9.98 Å². The summed E-state index contributed by atoms with van der Waals surface area (Å²) in [6.07, 6.45) is 7.30. The van der Waals surface area contributed by atoms with Gasteiger partial charge in [0.05, 0.1) is 6.54 Å². The lowest BCUT2D eigenvalue weighted by Crippen LogP contribution is -2.08. The van der Waals surface area contributed by atoms with Gasteiger partial charge in [-0.25, -0.2) is 9.98 Å². The molecule has 1 aliphatic heterocycles. The normalized spacial score (nSPS) is 19.9. The molecule has 1 aliphatic rings. The highest BCUT2D eigenvalue weighted by Crippen LogP contribution is 2.19. The van der Waals surface area contributed by atoms with Gasteiger partial charge in [0.1, 0.15) is 12.0 Å². The Morgan fingerprint density at radius 2 is 2.40 bits per heavy atom. The molecule has 74 valence electrons. The van der Waals surface area contributed by atoms with Gasteiger partial charge in [-0.3, -0.25) is 4.99 Å². The van der Waals surface area contributed by atoms with Crippen molar-refractivity contribution in [2.45, 2.75) is 5.92 Å². The third-order valence-corrected chi connectivity index (χ3v) is 2.57. The zero-order valence-corrected chi connectivity index (χ0v) is 8.09. The quantitative estimate of drug-likeness (QED) is 0.745. The van der Waals surface area contributed by atoms with E-state index in [1.807, 2.05) is 24.7 Å². The van der Waals surface area contributed by atoms with Crippen molar-refractivity contribution in [2.75, 3.05) is 6.54 Å². The molecule has 2 aromatic heterocycles. The Kier molecular flexibility index (Phi) is 1.84. The summed E-state index contributed by atoms with van der Waals surface area (Å²) in [5, 5.41) is 1.13. The summed E-state index contributed by atoms with van der Waals surface area (Å²) in [5.74, 6) is 0.266. The number of pyridine rings is 1. The molecule has 2 aromatic rings. The third-order valence-electron chi connectivity index (χ3n) is 2.57. The summed E-state index contributed by atoms with van der Waals surface area (Å²) >= 11 is 0. The van der Waals surface area contributed by atoms with E-state index in [-0.39, 0.29) is 5.92 Å². The van der Waals surface area contributed by atoms with Crippen LogP contribution in [0.15, 0.2) is 34.5 Å². The van der Waals surface area contributed by atoms with E-state index in [1.54, 1.807) is 6.34 Å². The van der Waals surface area contributed by atoms with E-state index in [1.165, 1.54) is 5.56 Å². The molecule has 0 spiro atoms. The molecule has 4 heteroatoms. The maximum atomic E-state index is 4.35. The van der Waals surface area contributed by atoms with Gasteiger partial charge in [-0.2, -0.15) is 0 Å². The van der Waals surface area contributed by atoms with E-state index in [9.17, 15) is 0 Å². The molecule has 0 aromatic carbocycles. The molecular weight excluding hydrogens is 188 g/mol. The van der Waals surface area contributed by atoms with Crippen LogP contribution in [0.1, 0.15) is 11.5 Å². The largest absolute Gasteiger partial charge is 0.346 e. The van der Waals surface area contributed by atoms with Crippen LogP contribution in [-0.4, -0.2) is 29.1 Å². The van der Waals surface area contributed by atoms with Crippen LogP contribution in [-0.2, 0) is 0 Å². The van der Waals surface area contributed by atoms with Gasteiger partial charge >= 0.3 is 0 Å². The monoisotopic (exact) mass is 198 g/mol. The number of aliphatic imine (C=N–C) groups is 2. The molecule has 0 bridgehead atoms. The molecule has 1 N–H and O–H groups in total. The lowest BCUT2D eigenvalue weighted by Gasteiger charge is -2.11. The van der Waals surface area contributed by atoms with E-state index in [0.29, 0.717) is 0 Å². The van der Waals surface area contributed by atoms with Crippen LogP contribution in [0, 0.1) is 0 Å². The molecule has 1 unspecified atom stereocenters. The molecule has 0 fully saturated rings. The molecule has 3 rings (SSSR count). The molecule has 0 saturated heterocycles. The van der Waals surface area contributed by atoms with Crippen molar-refractivity contribution in [3.05, 3.63) is 30.1 Å². The molecule has 0 aliphatic carbocycles. The average molecular weight is 198 g/mol. The highest BCUT2D eigenvalue weighted by molar-refractivity contribution is 5.82. The number of aromatic amines is 1. The number of hydrogen-bond acceptors (Lipinski definition) is 3. The highest BCUT2D eigenvalue weighted by atomic mass is 14.9. The van der Waals surface area contributed by atoms with Gasteiger partial charge in [0.15, 0.2) is 0 Å². The van der Waals surface area contributed by atoms with Crippen molar-refractivity contribution in [1.82, 2.24) is 9.97 Å². The van der Waals surface area contributed by atoms with Gasteiger partial charge in [-0.15, -0.1) is 0 Å². The van der Waals surface area contributed by atoms with Crippen LogP contribution >= 0.6 is 0 Å². The molecule has 1 atom stereocenters.